The number of Topliss-reactive ketones (excluding diaryl/α,β-unsaturated/α-hetero) is 2. The molecule has 1 aromatic heterocycles. The molecule has 0 atom stereocenters. The van der Waals surface area contributed by atoms with Crippen LogP contribution in [0.4, 0.5) is 0 Å². The van der Waals surface area contributed by atoms with Crippen molar-refractivity contribution < 1.29 is 14.3 Å². The van der Waals surface area contributed by atoms with Crippen molar-refractivity contribution in [2.24, 2.45) is 0 Å². The van der Waals surface area contributed by atoms with Crippen molar-refractivity contribution in [2.45, 2.75) is 58.7 Å². The molecule has 2 heterocycles. The van der Waals surface area contributed by atoms with Gasteiger partial charge in [0.2, 0.25) is 0 Å². The average Bonchev–Trinajstić information content (AvgIpc) is 2.55. The maximum atomic E-state index is 13.1. The summed E-state index contributed by atoms with van der Waals surface area (Å²) in [6, 6.07) is 7.63. The lowest BCUT2D eigenvalue weighted by atomic mass is 9.73. The lowest BCUT2D eigenvalue weighted by molar-refractivity contribution is -0.184. The highest BCUT2D eigenvalue weighted by Gasteiger charge is 2.53. The van der Waals surface area contributed by atoms with Crippen LogP contribution in [0.5, 0.6) is 0 Å². The van der Waals surface area contributed by atoms with E-state index in [2.05, 4.69) is 4.98 Å². The molecule has 0 saturated carbocycles. The van der Waals surface area contributed by atoms with Crippen molar-refractivity contribution in [1.82, 2.24) is 4.98 Å². The number of carbonyl (C=O) groups is 2. The van der Waals surface area contributed by atoms with Crippen LogP contribution in [0, 0.1) is 13.8 Å². The van der Waals surface area contributed by atoms with Gasteiger partial charge >= 0.3 is 0 Å². The van der Waals surface area contributed by atoms with Crippen LogP contribution < -0.4 is 0 Å². The van der Waals surface area contributed by atoms with E-state index >= 15 is 0 Å². The molecular weight excluding hydrogens is 362 g/mol. The number of ether oxygens (including phenoxy) is 1. The molecule has 0 N–H and O–H groups in total. The molecule has 2 aromatic rings. The van der Waals surface area contributed by atoms with Crippen LogP contribution in [0.2, 0.25) is 5.15 Å². The highest BCUT2D eigenvalue weighted by molar-refractivity contribution is 6.29. The minimum Gasteiger partial charge on any atom is -0.354 e. The molecule has 0 aliphatic carbocycles. The molecule has 1 aromatic carbocycles. The third-order valence-electron chi connectivity index (χ3n) is 5.20. The van der Waals surface area contributed by atoms with Gasteiger partial charge < -0.3 is 4.74 Å². The predicted molar refractivity (Wildman–Crippen MR) is 106 cm³/mol. The number of halogens is 1. The summed E-state index contributed by atoms with van der Waals surface area (Å²) in [4.78, 5) is 30.3. The van der Waals surface area contributed by atoms with Crippen LogP contribution in [0.15, 0.2) is 30.5 Å². The maximum absolute atomic E-state index is 13.1. The van der Waals surface area contributed by atoms with E-state index in [0.29, 0.717) is 5.15 Å². The molecule has 1 fully saturated rings. The van der Waals surface area contributed by atoms with Gasteiger partial charge in [0.1, 0.15) is 22.3 Å². The third-order valence-corrected chi connectivity index (χ3v) is 5.41. The third kappa shape index (κ3) is 3.44. The molecule has 0 unspecified atom stereocenters. The first-order valence-corrected chi connectivity index (χ1v) is 9.34. The van der Waals surface area contributed by atoms with Crippen LogP contribution >= 0.6 is 11.6 Å². The van der Waals surface area contributed by atoms with Gasteiger partial charge in [0, 0.05) is 11.8 Å². The minimum atomic E-state index is -1.03. The van der Waals surface area contributed by atoms with Crippen molar-refractivity contribution >= 4 is 23.2 Å². The topological polar surface area (TPSA) is 56.3 Å². The van der Waals surface area contributed by atoms with Crippen molar-refractivity contribution in [3.8, 4) is 11.1 Å². The van der Waals surface area contributed by atoms with Crippen molar-refractivity contribution in [2.75, 3.05) is 0 Å². The Morgan fingerprint density at radius 2 is 1.56 bits per heavy atom. The molecule has 5 heteroatoms. The molecule has 1 aliphatic heterocycles. The molecular formula is C22H24ClNO3. The fraction of sp³-hybridized carbons (Fsp3) is 0.409. The van der Waals surface area contributed by atoms with Gasteiger partial charge in [-0.05, 0) is 75.9 Å². The number of benzene rings is 1. The molecule has 142 valence electrons. The Hall–Kier alpha value is -2.04. The Bertz CT molecular complexity index is 921. The number of aryl methyl sites for hydroxylation is 2. The second-order valence-electron chi connectivity index (χ2n) is 8.18. The predicted octanol–water partition coefficient (Wildman–Crippen LogP) is 4.83. The zero-order valence-corrected chi connectivity index (χ0v) is 17.3. The normalized spacial score (nSPS) is 19.4. The standard InChI is InChI=1S/C22H24ClNO3/c1-12-7-8-14(16-11-24-17(23)9-13(16)2)10-15(12)18-19(25)21(3,4)27-22(5,6)20(18)26/h7-11,18H,1-6H3. The van der Waals surface area contributed by atoms with E-state index in [-0.39, 0.29) is 11.6 Å². The van der Waals surface area contributed by atoms with E-state index in [1.165, 1.54) is 0 Å². The quantitative estimate of drug-likeness (QED) is 0.549. The molecule has 27 heavy (non-hydrogen) atoms. The molecule has 0 radical (unpaired) electrons. The van der Waals surface area contributed by atoms with Crippen LogP contribution in [-0.4, -0.2) is 27.8 Å². The van der Waals surface area contributed by atoms with Gasteiger partial charge in [-0.3, -0.25) is 9.59 Å². The summed E-state index contributed by atoms with van der Waals surface area (Å²) in [6.45, 7) is 10.8. The Morgan fingerprint density at radius 1 is 0.963 bits per heavy atom. The van der Waals surface area contributed by atoms with E-state index in [1.54, 1.807) is 40.0 Å². The number of nitrogens with zero attached hydrogens (tertiary/aromatic N) is 1. The van der Waals surface area contributed by atoms with E-state index in [4.69, 9.17) is 16.3 Å². The Balaban J connectivity index is 2.16. The number of pyridine rings is 1. The second-order valence-corrected chi connectivity index (χ2v) is 8.56. The average molecular weight is 386 g/mol. The van der Waals surface area contributed by atoms with Gasteiger partial charge in [-0.15, -0.1) is 0 Å². The monoisotopic (exact) mass is 385 g/mol. The SMILES string of the molecule is Cc1cc(Cl)ncc1-c1ccc(C)c(C2C(=O)C(C)(C)OC(C)(C)C2=O)c1. The number of aromatic nitrogens is 1. The lowest BCUT2D eigenvalue weighted by Crippen LogP contribution is -2.58. The summed E-state index contributed by atoms with van der Waals surface area (Å²) in [5, 5.41) is 0.432. The minimum absolute atomic E-state index is 0.210. The van der Waals surface area contributed by atoms with Gasteiger partial charge in [0.25, 0.3) is 0 Å². The van der Waals surface area contributed by atoms with Gasteiger partial charge in [-0.2, -0.15) is 0 Å². The van der Waals surface area contributed by atoms with E-state index in [9.17, 15) is 9.59 Å². The van der Waals surface area contributed by atoms with Crippen molar-refractivity contribution in [1.29, 1.82) is 0 Å². The van der Waals surface area contributed by atoms with Crippen LogP contribution in [0.1, 0.15) is 50.3 Å². The van der Waals surface area contributed by atoms with Crippen LogP contribution in [0.3, 0.4) is 0 Å². The fourth-order valence-corrected chi connectivity index (χ4v) is 3.99. The summed E-state index contributed by atoms with van der Waals surface area (Å²) in [7, 11) is 0. The molecule has 0 spiro atoms. The Morgan fingerprint density at radius 3 is 2.11 bits per heavy atom. The molecule has 1 saturated heterocycles. The first-order chi connectivity index (χ1) is 12.4. The number of rotatable bonds is 2. The first-order valence-electron chi connectivity index (χ1n) is 8.96. The van der Waals surface area contributed by atoms with Gasteiger partial charge in [-0.25, -0.2) is 4.98 Å². The zero-order chi connectivity index (χ0) is 20.1. The summed E-state index contributed by atoms with van der Waals surface area (Å²) in [5.41, 5.74) is 2.38. The van der Waals surface area contributed by atoms with Crippen molar-refractivity contribution in [3.63, 3.8) is 0 Å². The second kappa shape index (κ2) is 6.54. The Labute approximate surface area is 164 Å². The van der Waals surface area contributed by atoms with Crippen LogP contribution in [-0.2, 0) is 14.3 Å². The van der Waals surface area contributed by atoms with Gasteiger partial charge in [-0.1, -0.05) is 23.7 Å². The van der Waals surface area contributed by atoms with E-state index in [0.717, 1.165) is 27.8 Å². The first kappa shape index (κ1) is 19.7. The highest BCUT2D eigenvalue weighted by atomic mass is 35.5. The zero-order valence-electron chi connectivity index (χ0n) is 16.5. The number of ketones is 2. The summed E-state index contributed by atoms with van der Waals surface area (Å²) >= 11 is 5.97. The van der Waals surface area contributed by atoms with Gasteiger partial charge in [0.15, 0.2) is 11.6 Å². The fourth-order valence-electron chi connectivity index (χ4n) is 3.78. The number of hydrogen-bond donors (Lipinski definition) is 0. The van der Waals surface area contributed by atoms with E-state index in [1.807, 2.05) is 32.0 Å². The maximum Gasteiger partial charge on any atom is 0.179 e. The smallest absolute Gasteiger partial charge is 0.179 e. The molecule has 0 amide bonds. The number of carbonyl (C=O) groups excluding carboxylic acids is 2. The van der Waals surface area contributed by atoms with Crippen molar-refractivity contribution in [3.05, 3.63) is 52.3 Å². The lowest BCUT2D eigenvalue weighted by Gasteiger charge is -2.43. The molecule has 1 aliphatic rings. The molecule has 3 rings (SSSR count). The largest absolute Gasteiger partial charge is 0.354 e. The Kier molecular flexibility index (Phi) is 4.77. The van der Waals surface area contributed by atoms with E-state index < -0.39 is 17.1 Å². The molecule has 4 nitrogen and oxygen atoms in total. The van der Waals surface area contributed by atoms with Gasteiger partial charge in [0.05, 0.1) is 0 Å². The summed E-state index contributed by atoms with van der Waals surface area (Å²) in [5.74, 6) is -1.26. The summed E-state index contributed by atoms with van der Waals surface area (Å²) < 4.78 is 5.80. The summed E-state index contributed by atoms with van der Waals surface area (Å²) in [6.07, 6.45) is 1.72. The number of hydrogen-bond acceptors (Lipinski definition) is 4. The van der Waals surface area contributed by atoms with Crippen LogP contribution in [0.25, 0.3) is 11.1 Å². The highest BCUT2D eigenvalue weighted by Crippen LogP contribution is 2.40. The molecule has 0 bridgehead atoms.